The van der Waals surface area contributed by atoms with Gasteiger partial charge in [0.15, 0.2) is 0 Å². The van der Waals surface area contributed by atoms with E-state index in [1.807, 2.05) is 0 Å². The Hall–Kier alpha value is 0.0569. The second-order valence-electron chi connectivity index (χ2n) is 6.36. The lowest BCUT2D eigenvalue weighted by molar-refractivity contribution is 0.153. The standard InChI is InChI=1S/C18H41NO2Si.H3N/c1-5-9-10-11-17-22(20-15-6-2,21-16-7-3)18(8-4)13-12-14-19;/h18H,5-17,19H2,1-4H3;1H3. The van der Waals surface area contributed by atoms with E-state index in [1.54, 1.807) is 0 Å². The molecular formula is C18H44N2O2Si. The average molecular weight is 349 g/mol. The highest BCUT2D eigenvalue weighted by atomic mass is 28.4. The van der Waals surface area contributed by atoms with Crippen molar-refractivity contribution in [3.05, 3.63) is 0 Å². The molecule has 0 aromatic rings. The molecule has 142 valence electrons. The second kappa shape index (κ2) is 16.9. The van der Waals surface area contributed by atoms with Crippen LogP contribution in [-0.4, -0.2) is 28.3 Å². The Kier molecular flexibility index (Phi) is 18.6. The lowest BCUT2D eigenvalue weighted by atomic mass is 10.2. The molecule has 0 saturated heterocycles. The number of nitrogens with two attached hydrogens (primary N) is 1. The smallest absolute Gasteiger partial charge is 0.341 e. The molecule has 5 N–H and O–H groups in total. The lowest BCUT2D eigenvalue weighted by Gasteiger charge is -2.37. The summed E-state index contributed by atoms with van der Waals surface area (Å²) in [5.74, 6) is 0. The van der Waals surface area contributed by atoms with Gasteiger partial charge >= 0.3 is 8.56 Å². The predicted octanol–water partition coefficient (Wildman–Crippen LogP) is 5.54. The molecule has 1 atom stereocenters. The van der Waals surface area contributed by atoms with Crippen LogP contribution in [0.15, 0.2) is 0 Å². The Morgan fingerprint density at radius 3 is 1.87 bits per heavy atom. The Balaban J connectivity index is 0. The predicted molar refractivity (Wildman–Crippen MR) is 105 cm³/mol. The van der Waals surface area contributed by atoms with Crippen LogP contribution in [0, 0.1) is 0 Å². The maximum absolute atomic E-state index is 6.49. The van der Waals surface area contributed by atoms with Crippen molar-refractivity contribution in [1.29, 1.82) is 0 Å². The quantitative estimate of drug-likeness (QED) is 0.283. The molecule has 0 heterocycles. The summed E-state index contributed by atoms with van der Waals surface area (Å²) in [7, 11) is -2.11. The molecule has 1 unspecified atom stereocenters. The van der Waals surface area contributed by atoms with Gasteiger partial charge in [0, 0.05) is 18.8 Å². The zero-order chi connectivity index (χ0) is 16.7. The van der Waals surface area contributed by atoms with Gasteiger partial charge in [0.1, 0.15) is 0 Å². The molecule has 0 aliphatic carbocycles. The van der Waals surface area contributed by atoms with Gasteiger partial charge in [0.2, 0.25) is 0 Å². The molecule has 23 heavy (non-hydrogen) atoms. The Bertz CT molecular complexity index is 235. The highest BCUT2D eigenvalue weighted by Crippen LogP contribution is 2.37. The van der Waals surface area contributed by atoms with E-state index < -0.39 is 8.56 Å². The summed E-state index contributed by atoms with van der Waals surface area (Å²) < 4.78 is 13.0. The summed E-state index contributed by atoms with van der Waals surface area (Å²) in [6.07, 6.45) is 10.7. The Labute approximate surface area is 146 Å². The zero-order valence-corrected chi connectivity index (χ0v) is 17.4. The van der Waals surface area contributed by atoms with Crippen LogP contribution in [-0.2, 0) is 8.85 Å². The van der Waals surface area contributed by atoms with Crippen LogP contribution >= 0.6 is 0 Å². The fourth-order valence-corrected chi connectivity index (χ4v) is 7.43. The Morgan fingerprint density at radius 2 is 1.43 bits per heavy atom. The third-order valence-electron chi connectivity index (χ3n) is 4.35. The van der Waals surface area contributed by atoms with Gasteiger partial charge < -0.3 is 20.7 Å². The van der Waals surface area contributed by atoms with Gasteiger partial charge in [-0.2, -0.15) is 0 Å². The molecular weight excluding hydrogens is 304 g/mol. The summed E-state index contributed by atoms with van der Waals surface area (Å²) in [4.78, 5) is 0. The first-order valence-electron chi connectivity index (χ1n) is 9.68. The van der Waals surface area contributed by atoms with Gasteiger partial charge in [0.25, 0.3) is 0 Å². The molecule has 0 amide bonds. The average Bonchev–Trinajstić information content (AvgIpc) is 2.55. The first-order chi connectivity index (χ1) is 10.7. The van der Waals surface area contributed by atoms with Crippen molar-refractivity contribution in [3.63, 3.8) is 0 Å². The van der Waals surface area contributed by atoms with Gasteiger partial charge in [-0.15, -0.1) is 0 Å². The highest BCUT2D eigenvalue weighted by Gasteiger charge is 2.44. The van der Waals surface area contributed by atoms with Gasteiger partial charge in [-0.1, -0.05) is 59.8 Å². The van der Waals surface area contributed by atoms with Crippen molar-refractivity contribution < 1.29 is 8.85 Å². The van der Waals surface area contributed by atoms with Crippen LogP contribution in [0.1, 0.15) is 85.5 Å². The van der Waals surface area contributed by atoms with E-state index in [0.29, 0.717) is 5.54 Å². The first kappa shape index (κ1) is 25.3. The lowest BCUT2D eigenvalue weighted by Crippen LogP contribution is -2.47. The summed E-state index contributed by atoms with van der Waals surface area (Å²) in [6, 6.07) is 1.16. The van der Waals surface area contributed by atoms with Crippen molar-refractivity contribution in [2.45, 2.75) is 97.1 Å². The summed E-state index contributed by atoms with van der Waals surface area (Å²) >= 11 is 0. The minimum atomic E-state index is -2.11. The van der Waals surface area contributed by atoms with Crippen LogP contribution < -0.4 is 11.9 Å². The molecule has 0 aromatic heterocycles. The molecule has 5 heteroatoms. The third-order valence-corrected chi connectivity index (χ3v) is 8.73. The SMILES string of the molecule is CCCCCC[Si](OCCC)(OCCC)C(CC)CCCN.N. The normalized spacial score (nSPS) is 12.9. The molecule has 0 rings (SSSR count). The van der Waals surface area contributed by atoms with Crippen molar-refractivity contribution in [3.8, 4) is 0 Å². The summed E-state index contributed by atoms with van der Waals surface area (Å²) in [5.41, 5.74) is 6.34. The molecule has 4 nitrogen and oxygen atoms in total. The van der Waals surface area contributed by atoms with Gasteiger partial charge in [0.05, 0.1) is 0 Å². The number of rotatable bonds is 16. The monoisotopic (exact) mass is 348 g/mol. The maximum atomic E-state index is 6.49. The van der Waals surface area contributed by atoms with E-state index in [0.717, 1.165) is 51.5 Å². The van der Waals surface area contributed by atoms with E-state index in [2.05, 4.69) is 27.7 Å². The van der Waals surface area contributed by atoms with Crippen LogP contribution in [0.2, 0.25) is 11.6 Å². The molecule has 0 spiro atoms. The highest BCUT2D eigenvalue weighted by molar-refractivity contribution is 6.69. The molecule has 0 aromatic carbocycles. The van der Waals surface area contributed by atoms with E-state index in [4.69, 9.17) is 14.6 Å². The second-order valence-corrected chi connectivity index (χ2v) is 9.87. The largest absolute Gasteiger partial charge is 0.394 e. The number of unbranched alkanes of at least 4 members (excludes halogenated alkanes) is 3. The van der Waals surface area contributed by atoms with E-state index in [9.17, 15) is 0 Å². The van der Waals surface area contributed by atoms with Crippen molar-refractivity contribution in [1.82, 2.24) is 6.15 Å². The molecule has 0 aliphatic rings. The molecule has 0 bridgehead atoms. The molecule has 0 saturated carbocycles. The van der Waals surface area contributed by atoms with Crippen molar-refractivity contribution >= 4 is 8.56 Å². The van der Waals surface area contributed by atoms with E-state index in [-0.39, 0.29) is 6.15 Å². The van der Waals surface area contributed by atoms with Crippen molar-refractivity contribution in [2.24, 2.45) is 5.73 Å². The molecule has 0 aliphatic heterocycles. The van der Waals surface area contributed by atoms with Gasteiger partial charge in [-0.3, -0.25) is 0 Å². The Morgan fingerprint density at radius 1 is 0.826 bits per heavy atom. The fraction of sp³-hybridized carbons (Fsp3) is 1.00. The van der Waals surface area contributed by atoms with Gasteiger partial charge in [-0.25, -0.2) is 0 Å². The number of hydrogen-bond donors (Lipinski definition) is 2. The minimum absolute atomic E-state index is 0. The fourth-order valence-electron chi connectivity index (χ4n) is 3.07. The van der Waals surface area contributed by atoms with E-state index >= 15 is 0 Å². The van der Waals surface area contributed by atoms with Crippen LogP contribution in [0.25, 0.3) is 0 Å². The zero-order valence-electron chi connectivity index (χ0n) is 16.4. The van der Waals surface area contributed by atoms with Gasteiger partial charge in [-0.05, 0) is 38.3 Å². The third kappa shape index (κ3) is 10.5. The summed E-state index contributed by atoms with van der Waals surface area (Å²) in [5, 5.41) is 0. The molecule has 0 fully saturated rings. The van der Waals surface area contributed by atoms with Crippen LogP contribution in [0.5, 0.6) is 0 Å². The summed E-state index contributed by atoms with van der Waals surface area (Å²) in [6.45, 7) is 11.4. The minimum Gasteiger partial charge on any atom is -0.394 e. The van der Waals surface area contributed by atoms with Crippen LogP contribution in [0.3, 0.4) is 0 Å². The first-order valence-corrected chi connectivity index (χ1v) is 11.8. The van der Waals surface area contributed by atoms with E-state index in [1.165, 1.54) is 32.1 Å². The topological polar surface area (TPSA) is 79.5 Å². The maximum Gasteiger partial charge on any atom is 0.341 e. The number of hydrogen-bond acceptors (Lipinski definition) is 4. The van der Waals surface area contributed by atoms with Crippen molar-refractivity contribution in [2.75, 3.05) is 19.8 Å². The molecule has 0 radical (unpaired) electrons. The van der Waals surface area contributed by atoms with Crippen LogP contribution in [0.4, 0.5) is 0 Å².